The Morgan fingerprint density at radius 2 is 1.94 bits per heavy atom. The maximum absolute atomic E-state index is 11.2. The van der Waals surface area contributed by atoms with Gasteiger partial charge in [0.2, 0.25) is 0 Å². The molecule has 0 radical (unpaired) electrons. The molecule has 0 spiro atoms. The van der Waals surface area contributed by atoms with Gasteiger partial charge in [-0.15, -0.1) is 0 Å². The third-order valence-electron chi connectivity index (χ3n) is 1.86. The van der Waals surface area contributed by atoms with Crippen molar-refractivity contribution in [2.75, 3.05) is 6.61 Å². The highest BCUT2D eigenvalue weighted by Gasteiger charge is 2.10. The SMILES string of the molecule is CC(=O)OCC(=O)O[C@H](C)Cn1cccc1. The quantitative estimate of drug-likeness (QED) is 0.701. The molecule has 0 amide bonds. The Morgan fingerprint density at radius 3 is 2.50 bits per heavy atom. The lowest BCUT2D eigenvalue weighted by Crippen LogP contribution is -2.23. The van der Waals surface area contributed by atoms with E-state index in [-0.39, 0.29) is 12.7 Å². The van der Waals surface area contributed by atoms with Crippen LogP contribution in [0.25, 0.3) is 0 Å². The number of rotatable bonds is 5. The number of esters is 2. The van der Waals surface area contributed by atoms with Crippen LogP contribution < -0.4 is 0 Å². The molecule has 0 unspecified atom stereocenters. The number of hydrogen-bond acceptors (Lipinski definition) is 4. The summed E-state index contributed by atoms with van der Waals surface area (Å²) in [6, 6.07) is 3.79. The Kier molecular flexibility index (Phi) is 4.57. The first kappa shape index (κ1) is 12.3. The van der Waals surface area contributed by atoms with Crippen LogP contribution in [-0.4, -0.2) is 29.2 Å². The van der Waals surface area contributed by atoms with Gasteiger partial charge in [-0.1, -0.05) is 0 Å². The Labute approximate surface area is 94.0 Å². The number of carbonyl (C=O) groups excluding carboxylic acids is 2. The predicted molar refractivity (Wildman–Crippen MR) is 56.6 cm³/mol. The van der Waals surface area contributed by atoms with Gasteiger partial charge < -0.3 is 14.0 Å². The fourth-order valence-electron chi connectivity index (χ4n) is 1.25. The summed E-state index contributed by atoms with van der Waals surface area (Å²) < 4.78 is 11.5. The predicted octanol–water partition coefficient (Wildman–Crippen LogP) is 0.983. The number of carbonyl (C=O) groups is 2. The van der Waals surface area contributed by atoms with Gasteiger partial charge in [-0.05, 0) is 19.1 Å². The molecule has 0 saturated heterocycles. The average Bonchev–Trinajstić information content (AvgIpc) is 2.67. The van der Waals surface area contributed by atoms with E-state index in [0.717, 1.165) is 0 Å². The highest BCUT2D eigenvalue weighted by Crippen LogP contribution is 1.99. The standard InChI is InChI=1S/C11H15NO4/c1-9(7-12-5-3-4-6-12)16-11(14)8-15-10(2)13/h3-6,9H,7-8H2,1-2H3/t9-/m1/s1. The summed E-state index contributed by atoms with van der Waals surface area (Å²) in [6.07, 6.45) is 3.52. The van der Waals surface area contributed by atoms with Crippen molar-refractivity contribution in [2.45, 2.75) is 26.5 Å². The van der Waals surface area contributed by atoms with Crippen molar-refractivity contribution in [3.8, 4) is 0 Å². The third-order valence-corrected chi connectivity index (χ3v) is 1.86. The number of nitrogens with zero attached hydrogens (tertiary/aromatic N) is 1. The van der Waals surface area contributed by atoms with Crippen LogP contribution in [0.3, 0.4) is 0 Å². The van der Waals surface area contributed by atoms with E-state index in [1.54, 1.807) is 6.92 Å². The summed E-state index contributed by atoms with van der Waals surface area (Å²) in [4.78, 5) is 21.6. The van der Waals surface area contributed by atoms with Gasteiger partial charge in [0.15, 0.2) is 6.61 Å². The van der Waals surface area contributed by atoms with Crippen LogP contribution in [-0.2, 0) is 25.6 Å². The van der Waals surface area contributed by atoms with Crippen LogP contribution in [0.15, 0.2) is 24.5 Å². The molecule has 1 heterocycles. The van der Waals surface area contributed by atoms with E-state index in [9.17, 15) is 9.59 Å². The van der Waals surface area contributed by atoms with Gasteiger partial charge >= 0.3 is 11.9 Å². The van der Waals surface area contributed by atoms with E-state index >= 15 is 0 Å². The molecule has 0 aliphatic carbocycles. The molecule has 0 saturated carbocycles. The highest BCUT2D eigenvalue weighted by molar-refractivity contribution is 5.75. The van der Waals surface area contributed by atoms with Crippen molar-refractivity contribution in [3.63, 3.8) is 0 Å². The van der Waals surface area contributed by atoms with E-state index in [1.807, 2.05) is 29.1 Å². The van der Waals surface area contributed by atoms with Gasteiger partial charge in [0, 0.05) is 19.3 Å². The van der Waals surface area contributed by atoms with Gasteiger partial charge in [0.25, 0.3) is 0 Å². The first-order chi connectivity index (χ1) is 7.58. The zero-order chi connectivity index (χ0) is 12.0. The van der Waals surface area contributed by atoms with Crippen molar-refractivity contribution in [1.82, 2.24) is 4.57 Å². The van der Waals surface area contributed by atoms with Crippen LogP contribution >= 0.6 is 0 Å². The lowest BCUT2D eigenvalue weighted by Gasteiger charge is -2.13. The van der Waals surface area contributed by atoms with E-state index < -0.39 is 11.9 Å². The molecule has 1 atom stereocenters. The van der Waals surface area contributed by atoms with Gasteiger partial charge in [-0.3, -0.25) is 4.79 Å². The minimum absolute atomic E-state index is 0.254. The van der Waals surface area contributed by atoms with Gasteiger partial charge in [-0.2, -0.15) is 0 Å². The van der Waals surface area contributed by atoms with Crippen molar-refractivity contribution >= 4 is 11.9 Å². The van der Waals surface area contributed by atoms with E-state index in [1.165, 1.54) is 6.92 Å². The summed E-state index contributed by atoms with van der Waals surface area (Å²) in [6.45, 7) is 3.28. The van der Waals surface area contributed by atoms with Crippen molar-refractivity contribution in [1.29, 1.82) is 0 Å². The van der Waals surface area contributed by atoms with Crippen LogP contribution in [0.4, 0.5) is 0 Å². The Hall–Kier alpha value is -1.78. The zero-order valence-corrected chi connectivity index (χ0v) is 9.38. The van der Waals surface area contributed by atoms with Crippen molar-refractivity contribution in [3.05, 3.63) is 24.5 Å². The third kappa shape index (κ3) is 4.63. The molecule has 1 rings (SSSR count). The molecule has 88 valence electrons. The summed E-state index contributed by atoms with van der Waals surface area (Å²) >= 11 is 0. The molecular weight excluding hydrogens is 210 g/mol. The topological polar surface area (TPSA) is 57.5 Å². The van der Waals surface area contributed by atoms with Gasteiger partial charge in [-0.25, -0.2) is 4.79 Å². The van der Waals surface area contributed by atoms with Crippen LogP contribution in [0.5, 0.6) is 0 Å². The molecule has 5 nitrogen and oxygen atoms in total. The first-order valence-electron chi connectivity index (χ1n) is 5.01. The molecule has 0 aromatic carbocycles. The molecule has 0 bridgehead atoms. The summed E-state index contributed by atoms with van der Waals surface area (Å²) in [7, 11) is 0. The largest absolute Gasteiger partial charge is 0.458 e. The minimum atomic E-state index is -0.533. The fourth-order valence-corrected chi connectivity index (χ4v) is 1.25. The summed E-state index contributed by atoms with van der Waals surface area (Å²) in [5, 5.41) is 0. The normalized spacial score (nSPS) is 11.9. The van der Waals surface area contributed by atoms with Crippen molar-refractivity contribution in [2.24, 2.45) is 0 Å². The molecule has 0 fully saturated rings. The number of aromatic nitrogens is 1. The zero-order valence-electron chi connectivity index (χ0n) is 9.38. The minimum Gasteiger partial charge on any atom is -0.458 e. The van der Waals surface area contributed by atoms with Crippen LogP contribution in [0.1, 0.15) is 13.8 Å². The van der Waals surface area contributed by atoms with Gasteiger partial charge in [0.1, 0.15) is 6.10 Å². The molecule has 1 aromatic heterocycles. The maximum Gasteiger partial charge on any atom is 0.344 e. The molecule has 0 N–H and O–H groups in total. The fraction of sp³-hybridized carbons (Fsp3) is 0.455. The molecule has 1 aromatic rings. The Morgan fingerprint density at radius 1 is 1.31 bits per heavy atom. The molecule has 16 heavy (non-hydrogen) atoms. The summed E-state index contributed by atoms with van der Waals surface area (Å²) in [5.41, 5.74) is 0. The maximum atomic E-state index is 11.2. The smallest absolute Gasteiger partial charge is 0.344 e. The lowest BCUT2D eigenvalue weighted by molar-refractivity contribution is -0.161. The highest BCUT2D eigenvalue weighted by atomic mass is 16.6. The molecule has 0 aliphatic rings. The van der Waals surface area contributed by atoms with Crippen LogP contribution in [0.2, 0.25) is 0 Å². The van der Waals surface area contributed by atoms with E-state index in [4.69, 9.17) is 4.74 Å². The van der Waals surface area contributed by atoms with Crippen molar-refractivity contribution < 1.29 is 19.1 Å². The Bertz CT molecular complexity index is 345. The molecule has 5 heteroatoms. The second-order valence-corrected chi connectivity index (χ2v) is 3.46. The lowest BCUT2D eigenvalue weighted by atomic mass is 10.4. The second-order valence-electron chi connectivity index (χ2n) is 3.46. The van der Waals surface area contributed by atoms with E-state index in [0.29, 0.717) is 6.54 Å². The van der Waals surface area contributed by atoms with E-state index in [2.05, 4.69) is 4.74 Å². The van der Waals surface area contributed by atoms with Gasteiger partial charge in [0.05, 0.1) is 6.54 Å². The Balaban J connectivity index is 2.25. The van der Waals surface area contributed by atoms with Crippen LogP contribution in [0, 0.1) is 0 Å². The number of hydrogen-bond donors (Lipinski definition) is 0. The monoisotopic (exact) mass is 225 g/mol. The molecular formula is C11H15NO4. The average molecular weight is 225 g/mol. The second kappa shape index (κ2) is 5.95. The summed E-state index contributed by atoms with van der Waals surface area (Å²) in [5.74, 6) is -1.02. The first-order valence-corrected chi connectivity index (χ1v) is 5.01. The number of ether oxygens (including phenoxy) is 2. The molecule has 0 aliphatic heterocycles.